The molecular weight excluding hydrogens is 244 g/mol. The van der Waals surface area contributed by atoms with Crippen LogP contribution in [0.2, 0.25) is 0 Å². The van der Waals surface area contributed by atoms with E-state index in [2.05, 4.69) is 22.5 Å². The fourth-order valence-corrected chi connectivity index (χ4v) is 2.21. The number of fused-ring (bicyclic) bond motifs is 1. The minimum absolute atomic E-state index is 0.618. The summed E-state index contributed by atoms with van der Waals surface area (Å²) in [5.74, 6) is 6.30. The third kappa shape index (κ3) is 2.28. The first-order chi connectivity index (χ1) is 9.88. The number of rotatable bonds is 1. The molecular formula is C18H12N2. The Morgan fingerprint density at radius 1 is 0.950 bits per heavy atom. The lowest BCUT2D eigenvalue weighted by molar-refractivity contribution is 0.886. The Hall–Kier alpha value is -2.97. The summed E-state index contributed by atoms with van der Waals surface area (Å²) >= 11 is 0. The van der Waals surface area contributed by atoms with Crippen LogP contribution in [0.25, 0.3) is 10.9 Å². The van der Waals surface area contributed by atoms with Crippen LogP contribution in [0.5, 0.6) is 0 Å². The van der Waals surface area contributed by atoms with Crippen molar-refractivity contribution in [3.63, 3.8) is 0 Å². The number of hydrogen-bond donors (Lipinski definition) is 0. The predicted octanol–water partition coefficient (Wildman–Crippen LogP) is 3.56. The first-order valence-corrected chi connectivity index (χ1v) is 6.40. The lowest BCUT2D eigenvalue weighted by Crippen LogP contribution is -1.93. The van der Waals surface area contributed by atoms with Crippen LogP contribution in [0.3, 0.4) is 0 Å². The Labute approximate surface area is 117 Å². The third-order valence-corrected chi connectivity index (χ3v) is 3.19. The van der Waals surface area contributed by atoms with Crippen LogP contribution in [-0.4, -0.2) is 4.57 Å². The van der Waals surface area contributed by atoms with Gasteiger partial charge in [-0.05, 0) is 30.3 Å². The summed E-state index contributed by atoms with van der Waals surface area (Å²) < 4.78 is 2.06. The molecule has 3 aromatic rings. The van der Waals surface area contributed by atoms with Gasteiger partial charge in [0.25, 0.3) is 0 Å². The summed E-state index contributed by atoms with van der Waals surface area (Å²) in [6.07, 6.45) is 1.98. The molecule has 94 valence electrons. The molecule has 0 aliphatic rings. The van der Waals surface area contributed by atoms with Gasteiger partial charge in [-0.2, -0.15) is 5.26 Å². The van der Waals surface area contributed by atoms with Crippen molar-refractivity contribution in [2.45, 2.75) is 6.54 Å². The second-order valence-corrected chi connectivity index (χ2v) is 4.46. The molecule has 0 fully saturated rings. The van der Waals surface area contributed by atoms with Crippen molar-refractivity contribution >= 4 is 10.9 Å². The highest BCUT2D eigenvalue weighted by molar-refractivity contribution is 5.86. The molecule has 0 unspecified atom stereocenters. The molecule has 0 amide bonds. The van der Waals surface area contributed by atoms with Gasteiger partial charge < -0.3 is 4.57 Å². The second-order valence-electron chi connectivity index (χ2n) is 4.46. The van der Waals surface area contributed by atoms with Gasteiger partial charge in [-0.15, -0.1) is 0 Å². The van der Waals surface area contributed by atoms with Gasteiger partial charge in [0.05, 0.1) is 23.7 Å². The molecule has 0 aliphatic heterocycles. The summed E-state index contributed by atoms with van der Waals surface area (Å²) in [6.45, 7) is 0.618. The lowest BCUT2D eigenvalue weighted by Gasteiger charge is -2.00. The van der Waals surface area contributed by atoms with Crippen molar-refractivity contribution < 1.29 is 0 Å². The molecule has 2 heteroatoms. The SMILES string of the molecule is N#Cc1cccc2c1ccn2CC#Cc1ccccc1. The summed E-state index contributed by atoms with van der Waals surface area (Å²) in [5.41, 5.74) is 2.77. The molecule has 1 aromatic heterocycles. The summed E-state index contributed by atoms with van der Waals surface area (Å²) in [7, 11) is 0. The normalized spacial score (nSPS) is 9.75. The van der Waals surface area contributed by atoms with Crippen molar-refractivity contribution in [2.75, 3.05) is 0 Å². The van der Waals surface area contributed by atoms with Gasteiger partial charge in [-0.25, -0.2) is 0 Å². The molecule has 0 atom stereocenters. The van der Waals surface area contributed by atoms with Gasteiger partial charge in [0.15, 0.2) is 0 Å². The van der Waals surface area contributed by atoms with Crippen LogP contribution in [0.15, 0.2) is 60.8 Å². The molecule has 0 saturated carbocycles. The van der Waals surface area contributed by atoms with E-state index in [0.717, 1.165) is 16.5 Å². The number of hydrogen-bond acceptors (Lipinski definition) is 1. The molecule has 0 spiro atoms. The average molecular weight is 256 g/mol. The van der Waals surface area contributed by atoms with Gasteiger partial charge in [0.1, 0.15) is 0 Å². The van der Waals surface area contributed by atoms with E-state index < -0.39 is 0 Å². The zero-order valence-electron chi connectivity index (χ0n) is 10.9. The first-order valence-electron chi connectivity index (χ1n) is 6.40. The van der Waals surface area contributed by atoms with Crippen LogP contribution in [0.4, 0.5) is 0 Å². The first kappa shape index (κ1) is 12.1. The van der Waals surface area contributed by atoms with Crippen LogP contribution in [0, 0.1) is 23.2 Å². The Balaban J connectivity index is 1.90. The second kappa shape index (κ2) is 5.34. The van der Waals surface area contributed by atoms with Crippen LogP contribution >= 0.6 is 0 Å². The molecule has 0 saturated heterocycles. The Morgan fingerprint density at radius 2 is 1.80 bits per heavy atom. The maximum atomic E-state index is 9.08. The maximum absolute atomic E-state index is 9.08. The van der Waals surface area contributed by atoms with Gasteiger partial charge in [0.2, 0.25) is 0 Å². The summed E-state index contributed by atoms with van der Waals surface area (Å²) in [4.78, 5) is 0. The third-order valence-electron chi connectivity index (χ3n) is 3.19. The van der Waals surface area contributed by atoms with E-state index in [4.69, 9.17) is 5.26 Å². The zero-order chi connectivity index (χ0) is 13.8. The van der Waals surface area contributed by atoms with Crippen LogP contribution < -0.4 is 0 Å². The van der Waals surface area contributed by atoms with E-state index in [-0.39, 0.29) is 0 Å². The molecule has 20 heavy (non-hydrogen) atoms. The number of nitrogens with zero attached hydrogens (tertiary/aromatic N) is 2. The molecule has 0 N–H and O–H groups in total. The van der Waals surface area contributed by atoms with Crippen molar-refractivity contribution in [2.24, 2.45) is 0 Å². The van der Waals surface area contributed by atoms with E-state index in [1.54, 1.807) is 0 Å². The highest BCUT2D eigenvalue weighted by Crippen LogP contribution is 2.19. The topological polar surface area (TPSA) is 28.7 Å². The maximum Gasteiger partial charge on any atom is 0.0998 e. The average Bonchev–Trinajstić information content (AvgIpc) is 2.92. The molecule has 2 nitrogen and oxygen atoms in total. The Bertz CT molecular complexity index is 840. The van der Waals surface area contributed by atoms with E-state index in [1.807, 2.05) is 60.8 Å². The molecule has 0 bridgehead atoms. The summed E-state index contributed by atoms with van der Waals surface area (Å²) in [6, 6.07) is 19.9. The molecule has 0 aliphatic carbocycles. The van der Waals surface area contributed by atoms with Gasteiger partial charge in [-0.1, -0.05) is 36.1 Å². The predicted molar refractivity (Wildman–Crippen MR) is 80.0 cm³/mol. The smallest absolute Gasteiger partial charge is 0.0998 e. The minimum atomic E-state index is 0.618. The van der Waals surface area contributed by atoms with E-state index in [9.17, 15) is 0 Å². The highest BCUT2D eigenvalue weighted by Gasteiger charge is 2.03. The monoisotopic (exact) mass is 256 g/mol. The van der Waals surface area contributed by atoms with Gasteiger partial charge >= 0.3 is 0 Å². The van der Waals surface area contributed by atoms with Gasteiger partial charge in [-0.3, -0.25) is 0 Å². The van der Waals surface area contributed by atoms with E-state index >= 15 is 0 Å². The number of benzene rings is 2. The van der Waals surface area contributed by atoms with Crippen molar-refractivity contribution in [1.82, 2.24) is 4.57 Å². The highest BCUT2D eigenvalue weighted by atomic mass is 14.9. The van der Waals surface area contributed by atoms with Crippen LogP contribution in [-0.2, 0) is 6.54 Å². The fraction of sp³-hybridized carbons (Fsp3) is 0.0556. The number of aromatic nitrogens is 1. The van der Waals surface area contributed by atoms with Crippen molar-refractivity contribution in [3.05, 3.63) is 71.9 Å². The van der Waals surface area contributed by atoms with Crippen molar-refractivity contribution in [1.29, 1.82) is 5.26 Å². The van der Waals surface area contributed by atoms with E-state index in [0.29, 0.717) is 12.1 Å². The quantitative estimate of drug-likeness (QED) is 0.612. The standard InChI is InChI=1S/C18H12N2/c19-14-16-9-4-10-18-17(16)11-13-20(18)12-5-8-15-6-2-1-3-7-15/h1-4,6-7,9-11,13H,12H2. The number of nitriles is 1. The van der Waals surface area contributed by atoms with Gasteiger partial charge in [0, 0.05) is 17.1 Å². The molecule has 2 aromatic carbocycles. The van der Waals surface area contributed by atoms with Crippen molar-refractivity contribution in [3.8, 4) is 17.9 Å². The fourth-order valence-electron chi connectivity index (χ4n) is 2.21. The Kier molecular flexibility index (Phi) is 3.23. The Morgan fingerprint density at radius 3 is 2.60 bits per heavy atom. The largest absolute Gasteiger partial charge is 0.336 e. The van der Waals surface area contributed by atoms with E-state index in [1.165, 1.54) is 0 Å². The zero-order valence-corrected chi connectivity index (χ0v) is 10.9. The molecule has 1 heterocycles. The molecule has 3 rings (SSSR count). The molecule has 0 radical (unpaired) electrons. The lowest BCUT2D eigenvalue weighted by atomic mass is 10.1. The minimum Gasteiger partial charge on any atom is -0.336 e. The summed E-state index contributed by atoms with van der Waals surface area (Å²) in [5, 5.41) is 10.1. The van der Waals surface area contributed by atoms with Crippen LogP contribution in [0.1, 0.15) is 11.1 Å².